The van der Waals surface area contributed by atoms with E-state index in [-0.39, 0.29) is 19.6 Å². The van der Waals surface area contributed by atoms with E-state index < -0.39 is 18.0 Å². The number of nitrogens with two attached hydrogens (primary N) is 1. The van der Waals surface area contributed by atoms with E-state index in [4.69, 9.17) is 35.5 Å². The molecule has 1 aliphatic heterocycles. The van der Waals surface area contributed by atoms with Crippen molar-refractivity contribution >= 4 is 23.4 Å². The Hall–Kier alpha value is -5.08. The molecule has 5 aromatic rings. The Balaban J connectivity index is 1.29. The van der Waals surface area contributed by atoms with Crippen molar-refractivity contribution in [3.63, 3.8) is 0 Å². The van der Waals surface area contributed by atoms with Crippen LogP contribution < -0.4 is 10.6 Å². The molecule has 1 aromatic carbocycles. The first-order valence-corrected chi connectivity index (χ1v) is 13.9. The van der Waals surface area contributed by atoms with Crippen molar-refractivity contribution in [1.29, 1.82) is 0 Å². The Morgan fingerprint density at radius 1 is 1.02 bits per heavy atom. The zero-order valence-corrected chi connectivity index (χ0v) is 23.5. The predicted octanol–water partition coefficient (Wildman–Crippen LogP) is 2.28. The minimum absolute atomic E-state index is 0.00861. The second-order valence-corrected chi connectivity index (χ2v) is 10.2. The summed E-state index contributed by atoms with van der Waals surface area (Å²) in [5.41, 5.74) is 10.2. The van der Waals surface area contributed by atoms with Crippen molar-refractivity contribution in [2.45, 2.75) is 32.5 Å². The smallest absolute Gasteiger partial charge is 0.324 e. The largest absolute Gasteiger partial charge is 0.481 e. The lowest BCUT2D eigenvalue weighted by atomic mass is 10.2. The lowest BCUT2D eigenvalue weighted by Gasteiger charge is -2.29. The molecule has 0 aliphatic carbocycles. The van der Waals surface area contributed by atoms with Crippen LogP contribution in [0.2, 0.25) is 0 Å². The highest BCUT2D eigenvalue weighted by Gasteiger charge is 2.21. The van der Waals surface area contributed by atoms with Gasteiger partial charge in [-0.15, -0.1) is 0 Å². The van der Waals surface area contributed by atoms with Gasteiger partial charge in [0.25, 0.3) is 0 Å². The second kappa shape index (κ2) is 12.0. The molecule has 14 nitrogen and oxygen atoms in total. The normalized spacial score (nSPS) is 14.2. The zero-order chi connectivity index (χ0) is 29.9. The van der Waals surface area contributed by atoms with Crippen LogP contribution in [0.25, 0.3) is 34.1 Å². The number of aryl methyl sites for hydroxylation is 1. The highest BCUT2D eigenvalue weighted by molar-refractivity contribution is 5.76. The Labute approximate surface area is 246 Å². The summed E-state index contributed by atoms with van der Waals surface area (Å²) in [4.78, 5) is 30.1. The fraction of sp³-hybridized carbons (Fsp3) is 0.310. The molecule has 0 bridgehead atoms. The van der Waals surface area contributed by atoms with E-state index in [9.17, 15) is 9.59 Å². The number of morpholine rings is 1. The first-order chi connectivity index (χ1) is 20.9. The number of carboxylic acid groups (broad SMARTS) is 1. The van der Waals surface area contributed by atoms with E-state index in [1.54, 1.807) is 9.20 Å². The molecule has 1 fully saturated rings. The maximum atomic E-state index is 12.2. The van der Waals surface area contributed by atoms with E-state index >= 15 is 0 Å². The highest BCUT2D eigenvalue weighted by atomic mass is 16.5. The van der Waals surface area contributed by atoms with Gasteiger partial charge >= 0.3 is 11.9 Å². The fourth-order valence-corrected chi connectivity index (χ4v) is 4.82. The molecule has 1 atom stereocenters. The summed E-state index contributed by atoms with van der Waals surface area (Å²) in [6.07, 6.45) is 1.67. The van der Waals surface area contributed by atoms with Crippen LogP contribution in [-0.4, -0.2) is 83.5 Å². The van der Waals surface area contributed by atoms with Gasteiger partial charge in [0.05, 0.1) is 18.9 Å². The first kappa shape index (κ1) is 28.1. The predicted molar refractivity (Wildman–Crippen MR) is 155 cm³/mol. The van der Waals surface area contributed by atoms with Gasteiger partial charge in [-0.1, -0.05) is 30.3 Å². The van der Waals surface area contributed by atoms with Gasteiger partial charge in [-0.05, 0) is 25.5 Å². The van der Waals surface area contributed by atoms with E-state index in [1.807, 2.05) is 67.7 Å². The van der Waals surface area contributed by atoms with Crippen LogP contribution in [0.4, 0.5) is 5.82 Å². The van der Waals surface area contributed by atoms with Gasteiger partial charge in [0.15, 0.2) is 18.2 Å². The summed E-state index contributed by atoms with van der Waals surface area (Å²) in [5, 5.41) is 23.0. The van der Waals surface area contributed by atoms with Gasteiger partial charge in [0, 0.05) is 49.1 Å². The SMILES string of the molecule is Cc1cc(-c2cc3nc(-n4ccc(-c5ccccc5)n4)cc(N4CCOCC4)n3n2)nn1COC(=O)[C@@H](N)CCC(=O)O. The number of esters is 1. The molecule has 6 rings (SSSR count). The molecule has 222 valence electrons. The van der Waals surface area contributed by atoms with Crippen LogP contribution in [0.1, 0.15) is 18.5 Å². The van der Waals surface area contributed by atoms with Crippen molar-refractivity contribution in [3.05, 3.63) is 66.5 Å². The van der Waals surface area contributed by atoms with Gasteiger partial charge in [-0.3, -0.25) is 9.59 Å². The topological polar surface area (TPSA) is 168 Å². The van der Waals surface area contributed by atoms with Gasteiger partial charge in [-0.2, -0.15) is 19.8 Å². The molecule has 0 spiro atoms. The molecule has 1 aliphatic rings. The van der Waals surface area contributed by atoms with Gasteiger partial charge in [-0.25, -0.2) is 14.3 Å². The Morgan fingerprint density at radius 3 is 2.56 bits per heavy atom. The number of ether oxygens (including phenoxy) is 2. The number of aromatic nitrogens is 7. The van der Waals surface area contributed by atoms with Crippen LogP contribution in [0.3, 0.4) is 0 Å². The van der Waals surface area contributed by atoms with E-state index in [2.05, 4.69) is 10.00 Å². The third kappa shape index (κ3) is 6.10. The van der Waals surface area contributed by atoms with E-state index in [0.717, 1.165) is 22.8 Å². The van der Waals surface area contributed by atoms with Gasteiger partial charge in [0.1, 0.15) is 23.2 Å². The average molecular weight is 586 g/mol. The van der Waals surface area contributed by atoms with Crippen molar-refractivity contribution in [3.8, 4) is 28.5 Å². The summed E-state index contributed by atoms with van der Waals surface area (Å²) in [5.74, 6) is -0.211. The Bertz CT molecular complexity index is 1750. The molecule has 1 saturated heterocycles. The maximum Gasteiger partial charge on any atom is 0.324 e. The molecule has 0 unspecified atom stereocenters. The van der Waals surface area contributed by atoms with Crippen LogP contribution in [0, 0.1) is 6.92 Å². The monoisotopic (exact) mass is 585 g/mol. The number of hydrogen-bond acceptors (Lipinski definition) is 10. The van der Waals surface area contributed by atoms with Crippen molar-refractivity contribution in [1.82, 2.24) is 34.2 Å². The molecule has 3 N–H and O–H groups in total. The molecule has 4 aromatic heterocycles. The van der Waals surface area contributed by atoms with Crippen LogP contribution in [0.5, 0.6) is 0 Å². The minimum atomic E-state index is -1.03. The lowest BCUT2D eigenvalue weighted by molar-refractivity contribution is -0.150. The number of carbonyl (C=O) groups is 2. The number of anilines is 1. The zero-order valence-electron chi connectivity index (χ0n) is 23.5. The molecule has 43 heavy (non-hydrogen) atoms. The van der Waals surface area contributed by atoms with Gasteiger partial charge in [0.2, 0.25) is 0 Å². The lowest BCUT2D eigenvalue weighted by Crippen LogP contribution is -2.37. The summed E-state index contributed by atoms with van der Waals surface area (Å²) in [6, 6.07) is 16.6. The number of carboxylic acids is 1. The number of hydrogen-bond donors (Lipinski definition) is 2. The van der Waals surface area contributed by atoms with E-state index in [1.165, 1.54) is 4.68 Å². The number of rotatable bonds is 10. The van der Waals surface area contributed by atoms with Gasteiger partial charge < -0.3 is 25.2 Å². The third-order valence-electron chi connectivity index (χ3n) is 7.17. The third-order valence-corrected chi connectivity index (χ3v) is 7.17. The summed E-state index contributed by atoms with van der Waals surface area (Å²) < 4.78 is 15.9. The quantitative estimate of drug-likeness (QED) is 0.231. The molecule has 5 heterocycles. The van der Waals surface area contributed by atoms with Crippen LogP contribution in [0.15, 0.2) is 60.8 Å². The van der Waals surface area contributed by atoms with Crippen molar-refractivity contribution in [2.75, 3.05) is 31.2 Å². The van der Waals surface area contributed by atoms with Crippen LogP contribution in [-0.2, 0) is 25.8 Å². The Morgan fingerprint density at radius 2 is 1.79 bits per heavy atom. The number of nitrogens with zero attached hydrogens (tertiary/aromatic N) is 8. The van der Waals surface area contributed by atoms with Crippen LogP contribution >= 0.6 is 0 Å². The Kier molecular flexibility index (Phi) is 7.85. The summed E-state index contributed by atoms with van der Waals surface area (Å²) in [7, 11) is 0. The molecule has 0 radical (unpaired) electrons. The standard InChI is InChI=1S/C29H31N9O5/c1-19-15-23(33-37(19)18-43-29(41)21(30)7-8-28(39)40)24-16-26-31-25(17-27(38(26)34-24)35-11-13-42-14-12-35)36-10-9-22(32-36)20-5-3-2-4-6-20/h2-6,9-10,15-17,21H,7-8,11-14,18,30H2,1H3,(H,39,40)/t21-/m0/s1. The number of aliphatic carboxylic acids is 1. The summed E-state index contributed by atoms with van der Waals surface area (Å²) >= 11 is 0. The molecular weight excluding hydrogens is 554 g/mol. The fourth-order valence-electron chi connectivity index (χ4n) is 4.82. The molecule has 0 saturated carbocycles. The molecular formula is C29H31N9O5. The maximum absolute atomic E-state index is 12.2. The highest BCUT2D eigenvalue weighted by Crippen LogP contribution is 2.26. The first-order valence-electron chi connectivity index (χ1n) is 13.9. The second-order valence-electron chi connectivity index (χ2n) is 10.2. The minimum Gasteiger partial charge on any atom is -0.481 e. The van der Waals surface area contributed by atoms with Crippen molar-refractivity contribution < 1.29 is 24.2 Å². The number of fused-ring (bicyclic) bond motifs is 1. The van der Waals surface area contributed by atoms with Crippen molar-refractivity contribution in [2.24, 2.45) is 5.73 Å². The molecule has 0 amide bonds. The molecule has 14 heteroatoms. The summed E-state index contributed by atoms with van der Waals surface area (Å²) in [6.45, 7) is 4.29. The number of carbonyl (C=O) groups excluding carboxylic acids is 1. The number of benzene rings is 1. The van der Waals surface area contributed by atoms with E-state index in [0.29, 0.717) is 49.2 Å². The average Bonchev–Trinajstić information content (AvgIpc) is 3.77.